The van der Waals surface area contributed by atoms with Crippen LogP contribution in [0.3, 0.4) is 0 Å². The molecule has 116 valence electrons. The first kappa shape index (κ1) is 16.0. The fourth-order valence-electron chi connectivity index (χ4n) is 2.71. The van der Waals surface area contributed by atoms with Crippen LogP contribution in [0.4, 0.5) is 5.69 Å². The standard InChI is InChI=1S/C17H27N3O/c1-14(13-18-2)17(21)19-16-7-5-15(6-8-16)9-12-20-10-3-4-11-20/h5-8,14,18H,3-4,9-13H2,1-2H3,(H,19,21). The van der Waals surface area contributed by atoms with Gasteiger partial charge in [0.2, 0.25) is 5.91 Å². The van der Waals surface area contributed by atoms with Gasteiger partial charge in [-0.15, -0.1) is 0 Å². The molecule has 1 saturated heterocycles. The number of nitrogens with one attached hydrogen (secondary N) is 2. The van der Waals surface area contributed by atoms with Gasteiger partial charge in [0, 0.05) is 24.7 Å². The Kier molecular flexibility index (Phi) is 6.21. The van der Waals surface area contributed by atoms with Crippen molar-refractivity contribution < 1.29 is 4.79 Å². The topological polar surface area (TPSA) is 44.4 Å². The molecular formula is C17H27N3O. The number of nitrogens with zero attached hydrogens (tertiary/aromatic N) is 1. The Morgan fingerprint density at radius 2 is 1.90 bits per heavy atom. The lowest BCUT2D eigenvalue weighted by Crippen LogP contribution is -2.28. The third-order valence-electron chi connectivity index (χ3n) is 4.09. The van der Waals surface area contributed by atoms with Crippen molar-refractivity contribution in [1.82, 2.24) is 10.2 Å². The van der Waals surface area contributed by atoms with Gasteiger partial charge in [0.15, 0.2) is 0 Å². The monoisotopic (exact) mass is 289 g/mol. The molecule has 1 atom stereocenters. The highest BCUT2D eigenvalue weighted by Gasteiger charge is 2.12. The van der Waals surface area contributed by atoms with Gasteiger partial charge >= 0.3 is 0 Å². The van der Waals surface area contributed by atoms with E-state index in [1.165, 1.54) is 31.5 Å². The zero-order valence-electron chi connectivity index (χ0n) is 13.2. The fourth-order valence-corrected chi connectivity index (χ4v) is 2.71. The molecule has 0 aliphatic carbocycles. The summed E-state index contributed by atoms with van der Waals surface area (Å²) < 4.78 is 0. The second-order valence-electron chi connectivity index (χ2n) is 5.94. The van der Waals surface area contributed by atoms with Crippen LogP contribution >= 0.6 is 0 Å². The zero-order valence-corrected chi connectivity index (χ0v) is 13.2. The molecule has 1 aliphatic rings. The van der Waals surface area contributed by atoms with E-state index in [1.54, 1.807) is 0 Å². The summed E-state index contributed by atoms with van der Waals surface area (Å²) in [5.41, 5.74) is 2.22. The van der Waals surface area contributed by atoms with Gasteiger partial charge in [-0.3, -0.25) is 4.79 Å². The van der Waals surface area contributed by atoms with E-state index in [2.05, 4.69) is 27.7 Å². The van der Waals surface area contributed by atoms with Crippen molar-refractivity contribution in [3.05, 3.63) is 29.8 Å². The molecule has 2 rings (SSSR count). The fraction of sp³-hybridized carbons (Fsp3) is 0.588. The van der Waals surface area contributed by atoms with Gasteiger partial charge in [0.25, 0.3) is 0 Å². The van der Waals surface area contributed by atoms with Crippen LogP contribution < -0.4 is 10.6 Å². The lowest BCUT2D eigenvalue weighted by molar-refractivity contribution is -0.119. The van der Waals surface area contributed by atoms with Crippen molar-refractivity contribution >= 4 is 11.6 Å². The first-order valence-corrected chi connectivity index (χ1v) is 7.96. The summed E-state index contributed by atoms with van der Waals surface area (Å²) in [4.78, 5) is 14.5. The molecule has 1 fully saturated rings. The molecule has 0 saturated carbocycles. The molecule has 0 radical (unpaired) electrons. The predicted molar refractivity (Wildman–Crippen MR) is 87.5 cm³/mol. The second kappa shape index (κ2) is 8.15. The van der Waals surface area contributed by atoms with Crippen LogP contribution in [0.2, 0.25) is 0 Å². The average Bonchev–Trinajstić information content (AvgIpc) is 3.00. The predicted octanol–water partition coefficient (Wildman–Crippen LogP) is 2.12. The Bertz CT molecular complexity index is 438. The highest BCUT2D eigenvalue weighted by atomic mass is 16.1. The maximum Gasteiger partial charge on any atom is 0.228 e. The zero-order chi connectivity index (χ0) is 15.1. The van der Waals surface area contributed by atoms with Crippen LogP contribution in [0.5, 0.6) is 0 Å². The Hall–Kier alpha value is -1.39. The third-order valence-corrected chi connectivity index (χ3v) is 4.09. The number of rotatable bonds is 7. The van der Waals surface area contributed by atoms with Crippen molar-refractivity contribution in [2.75, 3.05) is 38.5 Å². The van der Waals surface area contributed by atoms with Gasteiger partial charge < -0.3 is 15.5 Å². The lowest BCUT2D eigenvalue weighted by atomic mass is 10.1. The van der Waals surface area contributed by atoms with Crippen molar-refractivity contribution in [2.24, 2.45) is 5.92 Å². The van der Waals surface area contributed by atoms with E-state index in [0.717, 1.165) is 18.7 Å². The van der Waals surface area contributed by atoms with E-state index < -0.39 is 0 Å². The summed E-state index contributed by atoms with van der Waals surface area (Å²) >= 11 is 0. The number of hydrogen-bond acceptors (Lipinski definition) is 3. The molecule has 21 heavy (non-hydrogen) atoms. The minimum Gasteiger partial charge on any atom is -0.326 e. The molecular weight excluding hydrogens is 262 g/mol. The summed E-state index contributed by atoms with van der Waals surface area (Å²) in [7, 11) is 1.86. The lowest BCUT2D eigenvalue weighted by Gasteiger charge is -2.15. The van der Waals surface area contributed by atoms with Crippen molar-refractivity contribution in [3.63, 3.8) is 0 Å². The summed E-state index contributed by atoms with van der Waals surface area (Å²) in [6, 6.07) is 8.25. The minimum absolute atomic E-state index is 0.0233. The maximum absolute atomic E-state index is 11.9. The molecule has 1 heterocycles. The molecule has 4 nitrogen and oxygen atoms in total. The van der Waals surface area contributed by atoms with Crippen molar-refractivity contribution in [3.8, 4) is 0 Å². The first-order valence-electron chi connectivity index (χ1n) is 7.96. The van der Waals surface area contributed by atoms with Crippen LogP contribution in [0.15, 0.2) is 24.3 Å². The van der Waals surface area contributed by atoms with Crippen LogP contribution in [0.25, 0.3) is 0 Å². The highest BCUT2D eigenvalue weighted by Crippen LogP contribution is 2.13. The maximum atomic E-state index is 11.9. The number of amides is 1. The second-order valence-corrected chi connectivity index (χ2v) is 5.94. The number of hydrogen-bond donors (Lipinski definition) is 2. The molecule has 0 aromatic heterocycles. The molecule has 1 amide bonds. The summed E-state index contributed by atoms with van der Waals surface area (Å²) in [5, 5.41) is 5.98. The largest absolute Gasteiger partial charge is 0.326 e. The normalized spacial score (nSPS) is 16.9. The van der Waals surface area contributed by atoms with E-state index in [-0.39, 0.29) is 11.8 Å². The SMILES string of the molecule is CNCC(C)C(=O)Nc1ccc(CCN2CCCC2)cc1. The van der Waals surface area contributed by atoms with Gasteiger partial charge in [0.05, 0.1) is 0 Å². The highest BCUT2D eigenvalue weighted by molar-refractivity contribution is 5.92. The number of carbonyl (C=O) groups is 1. The Morgan fingerprint density at radius 1 is 1.24 bits per heavy atom. The van der Waals surface area contributed by atoms with Crippen molar-refractivity contribution in [1.29, 1.82) is 0 Å². The van der Waals surface area contributed by atoms with E-state index in [0.29, 0.717) is 6.54 Å². The molecule has 1 aliphatic heterocycles. The summed E-state index contributed by atoms with van der Waals surface area (Å²) in [6.07, 6.45) is 3.77. The Morgan fingerprint density at radius 3 is 2.52 bits per heavy atom. The first-order chi connectivity index (χ1) is 10.2. The molecule has 4 heteroatoms. The third kappa shape index (κ3) is 5.14. The van der Waals surface area contributed by atoms with Gasteiger partial charge in [-0.2, -0.15) is 0 Å². The molecule has 0 bridgehead atoms. The van der Waals surface area contributed by atoms with Gasteiger partial charge in [-0.25, -0.2) is 0 Å². The number of carbonyl (C=O) groups excluding carboxylic acids is 1. The van der Waals surface area contributed by atoms with Gasteiger partial charge in [-0.1, -0.05) is 19.1 Å². The van der Waals surface area contributed by atoms with Crippen molar-refractivity contribution in [2.45, 2.75) is 26.2 Å². The Labute approximate surface area is 127 Å². The van der Waals surface area contributed by atoms with E-state index >= 15 is 0 Å². The number of likely N-dealkylation sites (tertiary alicyclic amines) is 1. The number of anilines is 1. The van der Waals surface area contributed by atoms with Crippen LogP contribution in [0.1, 0.15) is 25.3 Å². The van der Waals surface area contributed by atoms with E-state index in [4.69, 9.17) is 0 Å². The van der Waals surface area contributed by atoms with Crippen LogP contribution in [-0.2, 0) is 11.2 Å². The van der Waals surface area contributed by atoms with E-state index in [9.17, 15) is 4.79 Å². The average molecular weight is 289 g/mol. The molecule has 1 aromatic carbocycles. The summed E-state index contributed by atoms with van der Waals surface area (Å²) in [5.74, 6) is 0.0407. The Balaban J connectivity index is 1.79. The minimum atomic E-state index is -0.0233. The van der Waals surface area contributed by atoms with Gasteiger partial charge in [0.1, 0.15) is 0 Å². The molecule has 1 unspecified atom stereocenters. The summed E-state index contributed by atoms with van der Waals surface area (Å²) in [6.45, 7) is 6.26. The molecule has 0 spiro atoms. The quantitative estimate of drug-likeness (QED) is 0.808. The molecule has 2 N–H and O–H groups in total. The molecule has 1 aromatic rings. The van der Waals surface area contributed by atoms with Crippen LogP contribution in [-0.4, -0.2) is 44.0 Å². The van der Waals surface area contributed by atoms with Crippen LogP contribution in [0, 0.1) is 5.92 Å². The van der Waals surface area contributed by atoms with Gasteiger partial charge in [-0.05, 0) is 57.1 Å². The smallest absolute Gasteiger partial charge is 0.228 e. The van der Waals surface area contributed by atoms with E-state index in [1.807, 2.05) is 26.1 Å². The number of benzene rings is 1.